The monoisotopic (exact) mass is 233 g/mol. The summed E-state index contributed by atoms with van der Waals surface area (Å²) in [6, 6.07) is 7.15. The number of carbonyl (C=O) groups is 2. The Labute approximate surface area is 97.2 Å². The van der Waals surface area contributed by atoms with E-state index in [1.807, 2.05) is 18.2 Å². The van der Waals surface area contributed by atoms with Crippen molar-refractivity contribution in [2.45, 2.75) is 0 Å². The molecule has 0 radical (unpaired) electrons. The summed E-state index contributed by atoms with van der Waals surface area (Å²) < 4.78 is 6.01. The third-order valence-electron chi connectivity index (χ3n) is 2.22. The zero-order chi connectivity index (χ0) is 12.3. The van der Waals surface area contributed by atoms with Gasteiger partial charge in [-0.15, -0.1) is 0 Å². The average Bonchev–Trinajstić information content (AvgIpc) is 2.79. The summed E-state index contributed by atoms with van der Waals surface area (Å²) in [6.07, 6.45) is 1.74. The first-order chi connectivity index (χ1) is 8.20. The van der Waals surface area contributed by atoms with E-state index >= 15 is 0 Å². The fourth-order valence-electron chi connectivity index (χ4n) is 1.36. The highest BCUT2D eigenvalue weighted by Gasteiger charge is 2.11. The van der Waals surface area contributed by atoms with E-state index in [1.165, 1.54) is 7.11 Å². The lowest BCUT2D eigenvalue weighted by Crippen LogP contribution is -2.30. The maximum absolute atomic E-state index is 11.6. The number of pyridine rings is 1. The lowest BCUT2D eigenvalue weighted by molar-refractivity contribution is -0.139. The second-order valence-corrected chi connectivity index (χ2v) is 3.36. The Bertz CT molecular complexity index is 529. The smallest absolute Gasteiger partial charge is 0.325 e. The number of ether oxygens (including phenoxy) is 1. The highest BCUT2D eigenvalue weighted by molar-refractivity contribution is 5.95. The number of methoxy groups -OCH3 is 1. The van der Waals surface area contributed by atoms with Gasteiger partial charge in [-0.1, -0.05) is 6.07 Å². The van der Waals surface area contributed by atoms with Gasteiger partial charge in [-0.05, 0) is 18.2 Å². The fourth-order valence-corrected chi connectivity index (χ4v) is 1.36. The van der Waals surface area contributed by atoms with Crippen LogP contribution in [0.4, 0.5) is 0 Å². The Kier molecular flexibility index (Phi) is 3.04. The van der Waals surface area contributed by atoms with Crippen LogP contribution in [0.3, 0.4) is 0 Å². The minimum Gasteiger partial charge on any atom is -0.468 e. The number of carbonyl (C=O) groups excluding carboxylic acids is 2. The molecule has 0 aliphatic rings. The predicted molar refractivity (Wildman–Crippen MR) is 59.5 cm³/mol. The molecule has 6 heteroatoms. The standard InChI is InChI=1S/C11H11N3O3/c1-17-10(15)7-12-11(16)9-6-8-4-2-3-5-14(8)13-9/h2-6H,7H2,1H3,(H,12,16). The fraction of sp³-hybridized carbons (Fsp3) is 0.182. The van der Waals surface area contributed by atoms with Crippen molar-refractivity contribution in [2.24, 2.45) is 0 Å². The molecule has 0 aliphatic carbocycles. The van der Waals surface area contributed by atoms with Crippen LogP contribution in [0.1, 0.15) is 10.5 Å². The van der Waals surface area contributed by atoms with Crippen LogP contribution < -0.4 is 5.32 Å². The molecule has 0 unspecified atom stereocenters. The summed E-state index contributed by atoms with van der Waals surface area (Å²) in [5.41, 5.74) is 1.08. The summed E-state index contributed by atoms with van der Waals surface area (Å²) in [6.45, 7) is -0.163. The predicted octanol–water partition coefficient (Wildman–Crippen LogP) is 0.237. The number of amides is 1. The van der Waals surface area contributed by atoms with Gasteiger partial charge in [-0.3, -0.25) is 9.59 Å². The van der Waals surface area contributed by atoms with Crippen LogP contribution in [0, 0.1) is 0 Å². The average molecular weight is 233 g/mol. The number of hydrogen-bond donors (Lipinski definition) is 1. The molecule has 2 aromatic rings. The SMILES string of the molecule is COC(=O)CNC(=O)c1cc2ccccn2n1. The number of fused-ring (bicyclic) bond motifs is 1. The quantitative estimate of drug-likeness (QED) is 0.770. The van der Waals surface area contributed by atoms with Gasteiger partial charge in [0.25, 0.3) is 5.91 Å². The van der Waals surface area contributed by atoms with Crippen molar-refractivity contribution >= 4 is 17.4 Å². The van der Waals surface area contributed by atoms with Crippen molar-refractivity contribution in [1.29, 1.82) is 0 Å². The minimum atomic E-state index is -0.498. The van der Waals surface area contributed by atoms with E-state index in [2.05, 4.69) is 15.2 Å². The van der Waals surface area contributed by atoms with Crippen molar-refractivity contribution < 1.29 is 14.3 Å². The van der Waals surface area contributed by atoms with E-state index in [4.69, 9.17) is 0 Å². The van der Waals surface area contributed by atoms with Gasteiger partial charge in [-0.25, -0.2) is 4.52 Å². The molecule has 0 fully saturated rings. The van der Waals surface area contributed by atoms with E-state index in [9.17, 15) is 9.59 Å². The van der Waals surface area contributed by atoms with Crippen LogP contribution in [-0.4, -0.2) is 35.1 Å². The number of nitrogens with zero attached hydrogens (tertiary/aromatic N) is 2. The van der Waals surface area contributed by atoms with Crippen LogP contribution in [0.5, 0.6) is 0 Å². The summed E-state index contributed by atoms with van der Waals surface area (Å²) in [5, 5.41) is 6.49. The zero-order valence-corrected chi connectivity index (χ0v) is 9.21. The topological polar surface area (TPSA) is 72.7 Å². The van der Waals surface area contributed by atoms with Gasteiger partial charge >= 0.3 is 5.97 Å². The zero-order valence-electron chi connectivity index (χ0n) is 9.21. The highest BCUT2D eigenvalue weighted by atomic mass is 16.5. The molecule has 0 atom stereocenters. The molecule has 1 N–H and O–H groups in total. The van der Waals surface area contributed by atoms with Crippen LogP contribution in [0.15, 0.2) is 30.5 Å². The Hall–Kier alpha value is -2.37. The third kappa shape index (κ3) is 2.41. The van der Waals surface area contributed by atoms with Gasteiger partial charge < -0.3 is 10.1 Å². The Morgan fingerprint density at radius 2 is 2.29 bits per heavy atom. The molecule has 1 amide bonds. The molecule has 0 spiro atoms. The van der Waals surface area contributed by atoms with E-state index in [1.54, 1.807) is 16.8 Å². The molecule has 0 aliphatic heterocycles. The summed E-state index contributed by atoms with van der Waals surface area (Å²) in [7, 11) is 1.26. The van der Waals surface area contributed by atoms with Crippen molar-refractivity contribution in [3.63, 3.8) is 0 Å². The maximum Gasteiger partial charge on any atom is 0.325 e. The van der Waals surface area contributed by atoms with Gasteiger partial charge in [-0.2, -0.15) is 5.10 Å². The number of aromatic nitrogens is 2. The largest absolute Gasteiger partial charge is 0.468 e. The molecule has 2 rings (SSSR count). The summed E-state index contributed by atoms with van der Waals surface area (Å²) in [4.78, 5) is 22.5. The molecule has 2 heterocycles. The summed E-state index contributed by atoms with van der Waals surface area (Å²) >= 11 is 0. The van der Waals surface area contributed by atoms with Gasteiger partial charge in [0.15, 0.2) is 5.69 Å². The van der Waals surface area contributed by atoms with Crippen LogP contribution in [0.2, 0.25) is 0 Å². The summed E-state index contributed by atoms with van der Waals surface area (Å²) in [5.74, 6) is -0.902. The Morgan fingerprint density at radius 3 is 3.00 bits per heavy atom. The van der Waals surface area contributed by atoms with Crippen molar-refractivity contribution in [3.05, 3.63) is 36.2 Å². The lowest BCUT2D eigenvalue weighted by Gasteiger charge is -2.00. The van der Waals surface area contributed by atoms with Crippen LogP contribution >= 0.6 is 0 Å². The first kappa shape index (κ1) is 11.1. The first-order valence-corrected chi connectivity index (χ1v) is 5.00. The molecule has 6 nitrogen and oxygen atoms in total. The molecular formula is C11H11N3O3. The highest BCUT2D eigenvalue weighted by Crippen LogP contribution is 2.05. The van der Waals surface area contributed by atoms with Gasteiger partial charge in [0.05, 0.1) is 12.6 Å². The molecule has 0 saturated carbocycles. The Morgan fingerprint density at radius 1 is 1.47 bits per heavy atom. The van der Waals surface area contributed by atoms with E-state index in [0.717, 1.165) is 5.52 Å². The minimum absolute atomic E-state index is 0.163. The van der Waals surface area contributed by atoms with Gasteiger partial charge in [0, 0.05) is 6.20 Å². The number of rotatable bonds is 3. The lowest BCUT2D eigenvalue weighted by atomic mass is 10.3. The molecule has 0 saturated heterocycles. The van der Waals surface area contributed by atoms with Gasteiger partial charge in [0.1, 0.15) is 6.54 Å². The van der Waals surface area contributed by atoms with Gasteiger partial charge in [0.2, 0.25) is 0 Å². The van der Waals surface area contributed by atoms with Crippen molar-refractivity contribution in [3.8, 4) is 0 Å². The molecule has 88 valence electrons. The second kappa shape index (κ2) is 4.65. The Balaban J connectivity index is 2.11. The normalized spacial score (nSPS) is 10.2. The van der Waals surface area contributed by atoms with Crippen molar-refractivity contribution in [2.75, 3.05) is 13.7 Å². The van der Waals surface area contributed by atoms with Crippen molar-refractivity contribution in [1.82, 2.24) is 14.9 Å². The molecular weight excluding hydrogens is 222 g/mol. The molecule has 2 aromatic heterocycles. The van der Waals surface area contributed by atoms with E-state index in [-0.39, 0.29) is 12.2 Å². The van der Waals surface area contributed by atoms with Crippen LogP contribution in [0.25, 0.3) is 5.52 Å². The number of esters is 1. The van der Waals surface area contributed by atoms with E-state index in [0.29, 0.717) is 0 Å². The first-order valence-electron chi connectivity index (χ1n) is 5.00. The number of nitrogens with one attached hydrogen (secondary N) is 1. The molecule has 17 heavy (non-hydrogen) atoms. The molecule has 0 bridgehead atoms. The van der Waals surface area contributed by atoms with E-state index < -0.39 is 11.9 Å². The second-order valence-electron chi connectivity index (χ2n) is 3.36. The van der Waals surface area contributed by atoms with Crippen LogP contribution in [-0.2, 0) is 9.53 Å². The number of hydrogen-bond acceptors (Lipinski definition) is 4. The third-order valence-corrected chi connectivity index (χ3v) is 2.22. The maximum atomic E-state index is 11.6. The molecule has 0 aromatic carbocycles.